The van der Waals surface area contributed by atoms with E-state index in [1.54, 1.807) is 0 Å². The van der Waals surface area contributed by atoms with Gasteiger partial charge < -0.3 is 14.6 Å². The lowest BCUT2D eigenvalue weighted by molar-refractivity contribution is 0.0474. The molecule has 1 aromatic carbocycles. The van der Waals surface area contributed by atoms with Crippen molar-refractivity contribution in [2.75, 3.05) is 13.9 Å². The van der Waals surface area contributed by atoms with Gasteiger partial charge in [0.15, 0.2) is 12.5 Å². The number of benzene rings is 1. The molecule has 1 rings (SSSR count). The molecule has 0 amide bonds. The van der Waals surface area contributed by atoms with Gasteiger partial charge in [0.05, 0.1) is 4.47 Å². The number of carboxylic acids is 1. The maximum atomic E-state index is 13.2. The summed E-state index contributed by atoms with van der Waals surface area (Å²) in [6, 6.07) is 2.42. The zero-order chi connectivity index (χ0) is 11.4. The number of aromatic carboxylic acids is 1. The molecule has 0 saturated carbocycles. The lowest BCUT2D eigenvalue weighted by atomic mass is 10.2. The zero-order valence-electron chi connectivity index (χ0n) is 7.79. The van der Waals surface area contributed by atoms with Crippen molar-refractivity contribution in [2.45, 2.75) is 0 Å². The second-order valence-corrected chi connectivity index (χ2v) is 3.44. The van der Waals surface area contributed by atoms with E-state index in [0.717, 1.165) is 6.07 Å². The van der Waals surface area contributed by atoms with E-state index in [4.69, 9.17) is 9.84 Å². The minimum atomic E-state index is -1.39. The molecule has 0 bridgehead atoms. The van der Waals surface area contributed by atoms with Crippen LogP contribution in [0.4, 0.5) is 4.39 Å². The van der Waals surface area contributed by atoms with Crippen LogP contribution in [-0.2, 0) is 4.74 Å². The summed E-state index contributed by atoms with van der Waals surface area (Å²) in [5, 5.41) is 8.79. The lowest BCUT2D eigenvalue weighted by Gasteiger charge is -2.10. The Labute approximate surface area is 93.7 Å². The molecule has 0 fully saturated rings. The van der Waals surface area contributed by atoms with E-state index in [0.29, 0.717) is 4.47 Å². The van der Waals surface area contributed by atoms with Crippen molar-refractivity contribution < 1.29 is 23.8 Å². The van der Waals surface area contributed by atoms with Crippen molar-refractivity contribution in [1.82, 2.24) is 0 Å². The van der Waals surface area contributed by atoms with Gasteiger partial charge in [0, 0.05) is 7.11 Å². The maximum Gasteiger partial charge on any atom is 0.342 e. The van der Waals surface area contributed by atoms with E-state index in [1.165, 1.54) is 13.2 Å². The van der Waals surface area contributed by atoms with Crippen LogP contribution in [0.1, 0.15) is 10.4 Å². The van der Waals surface area contributed by atoms with Crippen LogP contribution in [0.3, 0.4) is 0 Å². The first kappa shape index (κ1) is 11.9. The largest absolute Gasteiger partial charge is 0.477 e. The molecule has 15 heavy (non-hydrogen) atoms. The summed E-state index contributed by atoms with van der Waals surface area (Å²) in [6.45, 7) is -0.150. The quantitative estimate of drug-likeness (QED) is 0.859. The molecule has 6 heteroatoms. The van der Waals surface area contributed by atoms with Crippen molar-refractivity contribution in [3.05, 3.63) is 28.0 Å². The molecule has 1 N–H and O–H groups in total. The fraction of sp³-hybridized carbons (Fsp3) is 0.222. The third-order valence-corrected chi connectivity index (χ3v) is 2.22. The SMILES string of the molecule is COCOc1c(Br)ccc(F)c1C(=O)O. The Morgan fingerprint density at radius 2 is 2.27 bits per heavy atom. The second kappa shape index (κ2) is 5.09. The number of halogens is 2. The lowest BCUT2D eigenvalue weighted by Crippen LogP contribution is -2.08. The summed E-state index contributed by atoms with van der Waals surface area (Å²) >= 11 is 3.07. The van der Waals surface area contributed by atoms with Gasteiger partial charge in [-0.05, 0) is 28.1 Å². The van der Waals surface area contributed by atoms with Crippen molar-refractivity contribution in [3.8, 4) is 5.75 Å². The second-order valence-electron chi connectivity index (χ2n) is 2.59. The van der Waals surface area contributed by atoms with Crippen LogP contribution in [0.5, 0.6) is 5.75 Å². The van der Waals surface area contributed by atoms with Gasteiger partial charge in [-0.2, -0.15) is 0 Å². The fourth-order valence-electron chi connectivity index (χ4n) is 0.991. The normalized spacial score (nSPS) is 10.1. The number of methoxy groups -OCH3 is 1. The highest BCUT2D eigenvalue weighted by molar-refractivity contribution is 9.10. The Kier molecular flexibility index (Phi) is 4.05. The Hall–Kier alpha value is -1.14. The Balaban J connectivity index is 3.19. The van der Waals surface area contributed by atoms with E-state index in [-0.39, 0.29) is 12.5 Å². The van der Waals surface area contributed by atoms with Crippen LogP contribution in [0.15, 0.2) is 16.6 Å². The van der Waals surface area contributed by atoms with Crippen LogP contribution in [0.25, 0.3) is 0 Å². The van der Waals surface area contributed by atoms with Gasteiger partial charge >= 0.3 is 5.97 Å². The highest BCUT2D eigenvalue weighted by atomic mass is 79.9. The third-order valence-electron chi connectivity index (χ3n) is 1.59. The molecule has 82 valence electrons. The van der Waals surface area contributed by atoms with Crippen LogP contribution < -0.4 is 4.74 Å². The summed E-state index contributed by atoms with van der Waals surface area (Å²) < 4.78 is 23.1. The number of ether oxygens (including phenoxy) is 2. The van der Waals surface area contributed by atoms with Crippen LogP contribution in [-0.4, -0.2) is 25.0 Å². The molecule has 1 aromatic rings. The maximum absolute atomic E-state index is 13.2. The summed E-state index contributed by atoms with van der Waals surface area (Å²) in [6.07, 6.45) is 0. The van der Waals surface area contributed by atoms with Crippen molar-refractivity contribution in [1.29, 1.82) is 0 Å². The molecular formula is C9H8BrFO4. The molecule has 0 aliphatic heterocycles. The first-order valence-electron chi connectivity index (χ1n) is 3.91. The monoisotopic (exact) mass is 278 g/mol. The van der Waals surface area contributed by atoms with E-state index in [1.807, 2.05) is 0 Å². The number of carboxylic acid groups (broad SMARTS) is 1. The number of rotatable bonds is 4. The number of hydrogen-bond acceptors (Lipinski definition) is 3. The minimum Gasteiger partial charge on any atom is -0.477 e. The minimum absolute atomic E-state index is 0.0793. The predicted octanol–water partition coefficient (Wildman–Crippen LogP) is 2.27. The summed E-state index contributed by atoms with van der Waals surface area (Å²) in [4.78, 5) is 10.8. The molecule has 0 aliphatic rings. The van der Waals surface area contributed by atoms with Crippen LogP contribution >= 0.6 is 15.9 Å². The van der Waals surface area contributed by atoms with Gasteiger partial charge in [0.1, 0.15) is 11.4 Å². The Morgan fingerprint density at radius 1 is 1.60 bits per heavy atom. The molecule has 0 heterocycles. The van der Waals surface area contributed by atoms with E-state index in [2.05, 4.69) is 20.7 Å². The van der Waals surface area contributed by atoms with E-state index < -0.39 is 17.3 Å². The molecule has 0 radical (unpaired) electrons. The van der Waals surface area contributed by atoms with Crippen LogP contribution in [0, 0.1) is 5.82 Å². The molecule has 0 aliphatic carbocycles. The average molecular weight is 279 g/mol. The molecule has 0 saturated heterocycles. The van der Waals surface area contributed by atoms with Gasteiger partial charge in [-0.3, -0.25) is 0 Å². The van der Waals surface area contributed by atoms with Gasteiger partial charge in [0.25, 0.3) is 0 Å². The van der Waals surface area contributed by atoms with Gasteiger partial charge in [-0.1, -0.05) is 0 Å². The third kappa shape index (κ3) is 2.66. The van der Waals surface area contributed by atoms with Gasteiger partial charge in [-0.15, -0.1) is 0 Å². The zero-order valence-corrected chi connectivity index (χ0v) is 9.38. The van der Waals surface area contributed by atoms with Crippen molar-refractivity contribution in [3.63, 3.8) is 0 Å². The molecule has 0 unspecified atom stereocenters. The van der Waals surface area contributed by atoms with E-state index >= 15 is 0 Å². The van der Waals surface area contributed by atoms with Crippen molar-refractivity contribution >= 4 is 21.9 Å². The summed E-state index contributed by atoms with van der Waals surface area (Å²) in [5.41, 5.74) is -0.513. The van der Waals surface area contributed by atoms with Crippen molar-refractivity contribution in [2.24, 2.45) is 0 Å². The standard InChI is InChI=1S/C9H8BrFO4/c1-14-4-15-8-5(10)2-3-6(11)7(8)9(12)13/h2-3H,4H2,1H3,(H,12,13). The number of hydrogen-bond donors (Lipinski definition) is 1. The Bertz CT molecular complexity index is 381. The smallest absolute Gasteiger partial charge is 0.342 e. The average Bonchev–Trinajstić information content (AvgIpc) is 2.18. The fourth-order valence-corrected chi connectivity index (χ4v) is 1.44. The highest BCUT2D eigenvalue weighted by Gasteiger charge is 2.19. The molecule has 4 nitrogen and oxygen atoms in total. The van der Waals surface area contributed by atoms with E-state index in [9.17, 15) is 9.18 Å². The molecular weight excluding hydrogens is 271 g/mol. The highest BCUT2D eigenvalue weighted by Crippen LogP contribution is 2.31. The van der Waals surface area contributed by atoms with Gasteiger partial charge in [-0.25, -0.2) is 9.18 Å². The first-order valence-corrected chi connectivity index (χ1v) is 4.70. The Morgan fingerprint density at radius 3 is 2.80 bits per heavy atom. The topological polar surface area (TPSA) is 55.8 Å². The number of carbonyl (C=O) groups is 1. The first-order chi connectivity index (χ1) is 7.07. The molecule has 0 atom stereocenters. The summed E-state index contributed by atoms with van der Waals surface area (Å²) in [5.74, 6) is -2.32. The summed E-state index contributed by atoms with van der Waals surface area (Å²) in [7, 11) is 1.38. The molecule has 0 aromatic heterocycles. The molecule has 0 spiro atoms. The predicted molar refractivity (Wildman–Crippen MR) is 53.6 cm³/mol. The van der Waals surface area contributed by atoms with Gasteiger partial charge in [0.2, 0.25) is 0 Å². The van der Waals surface area contributed by atoms with Crippen LogP contribution in [0.2, 0.25) is 0 Å².